The smallest absolute Gasteiger partial charge is 0.0541 e. The first-order valence-electron chi connectivity index (χ1n) is 22.7. The van der Waals surface area contributed by atoms with Crippen molar-refractivity contribution >= 4 is 49.6 Å². The maximum atomic E-state index is 2.41. The summed E-state index contributed by atoms with van der Waals surface area (Å²) in [4.78, 5) is 2.37. The second-order valence-electron chi connectivity index (χ2n) is 16.9. The third kappa shape index (κ3) is 7.02. The molecule has 0 N–H and O–H groups in total. The van der Waals surface area contributed by atoms with Gasteiger partial charge in [0.1, 0.15) is 0 Å². The Morgan fingerprint density at radius 2 is 0.682 bits per heavy atom. The molecule has 12 aromatic rings. The van der Waals surface area contributed by atoms with Crippen LogP contribution >= 0.6 is 0 Å². The number of hydrogen-bond acceptors (Lipinski definition) is 1. The zero-order valence-electron chi connectivity index (χ0n) is 36.3. The van der Waals surface area contributed by atoms with Crippen LogP contribution in [0.5, 0.6) is 0 Å². The minimum atomic E-state index is 1.09. The molecule has 1 aromatic heterocycles. The molecular formula is C64H44N2. The van der Waals surface area contributed by atoms with E-state index in [0.29, 0.717) is 0 Å². The molecule has 0 fully saturated rings. The van der Waals surface area contributed by atoms with Crippen LogP contribution < -0.4 is 4.90 Å². The molecular weight excluding hydrogens is 797 g/mol. The highest BCUT2D eigenvalue weighted by molar-refractivity contribution is 6.10. The van der Waals surface area contributed by atoms with Crippen LogP contribution in [0.3, 0.4) is 0 Å². The largest absolute Gasteiger partial charge is 0.310 e. The molecule has 0 aliphatic carbocycles. The van der Waals surface area contributed by atoms with Crippen molar-refractivity contribution in [3.63, 3.8) is 0 Å². The van der Waals surface area contributed by atoms with E-state index in [1.54, 1.807) is 0 Å². The van der Waals surface area contributed by atoms with Gasteiger partial charge in [0, 0.05) is 33.4 Å². The molecule has 12 rings (SSSR count). The zero-order chi connectivity index (χ0) is 43.8. The molecule has 0 amide bonds. The average molecular weight is 841 g/mol. The molecule has 0 atom stereocenters. The van der Waals surface area contributed by atoms with Gasteiger partial charge in [-0.3, -0.25) is 0 Å². The standard InChI is InChI=1S/C64H44N2/c1-2-16-45(17-3-1)51-20-14-21-54(44-51)65(53-42-38-49(39-43-53)56-23-6-7-25-58(56)59-28-15-19-48-18-4-5-22-55(48)59)52-40-36-47(37-41-52)46-32-34-50(35-33-46)57-24-8-11-29-62(57)66-63-30-12-9-26-60(63)61-27-10-13-31-64(61)66/h1-44H. The Morgan fingerprint density at radius 1 is 0.242 bits per heavy atom. The molecule has 0 aliphatic rings. The lowest BCUT2D eigenvalue weighted by Crippen LogP contribution is -2.10. The minimum absolute atomic E-state index is 1.09. The number of para-hydroxylation sites is 3. The lowest BCUT2D eigenvalue weighted by Gasteiger charge is -2.26. The number of anilines is 3. The van der Waals surface area contributed by atoms with Gasteiger partial charge in [-0.2, -0.15) is 0 Å². The Morgan fingerprint density at radius 3 is 1.38 bits per heavy atom. The lowest BCUT2D eigenvalue weighted by atomic mass is 9.91. The zero-order valence-corrected chi connectivity index (χ0v) is 36.3. The van der Waals surface area contributed by atoms with Crippen LogP contribution in [-0.2, 0) is 0 Å². The summed E-state index contributed by atoms with van der Waals surface area (Å²) in [7, 11) is 0. The summed E-state index contributed by atoms with van der Waals surface area (Å²) in [5.41, 5.74) is 18.8. The van der Waals surface area contributed by atoms with Crippen molar-refractivity contribution in [3.8, 4) is 61.3 Å². The van der Waals surface area contributed by atoms with Gasteiger partial charge in [0.2, 0.25) is 0 Å². The van der Waals surface area contributed by atoms with Crippen LogP contribution in [0, 0.1) is 0 Å². The van der Waals surface area contributed by atoms with Crippen LogP contribution in [0.4, 0.5) is 17.1 Å². The van der Waals surface area contributed by atoms with Crippen molar-refractivity contribution in [2.75, 3.05) is 4.90 Å². The number of benzene rings is 11. The van der Waals surface area contributed by atoms with Crippen molar-refractivity contribution in [2.45, 2.75) is 0 Å². The van der Waals surface area contributed by atoms with E-state index >= 15 is 0 Å². The number of aromatic nitrogens is 1. The van der Waals surface area contributed by atoms with Crippen molar-refractivity contribution < 1.29 is 0 Å². The van der Waals surface area contributed by atoms with Gasteiger partial charge < -0.3 is 9.47 Å². The van der Waals surface area contributed by atoms with Gasteiger partial charge in [-0.1, -0.05) is 212 Å². The Balaban J connectivity index is 0.892. The van der Waals surface area contributed by atoms with E-state index in [9.17, 15) is 0 Å². The van der Waals surface area contributed by atoms with Gasteiger partial charge in [0.05, 0.1) is 16.7 Å². The van der Waals surface area contributed by atoms with Crippen LogP contribution in [0.15, 0.2) is 267 Å². The van der Waals surface area contributed by atoms with Gasteiger partial charge in [-0.15, -0.1) is 0 Å². The van der Waals surface area contributed by atoms with Gasteiger partial charge in [-0.05, 0) is 115 Å². The lowest BCUT2D eigenvalue weighted by molar-refractivity contribution is 1.18. The van der Waals surface area contributed by atoms with Crippen LogP contribution in [0.1, 0.15) is 0 Å². The molecule has 11 aromatic carbocycles. The van der Waals surface area contributed by atoms with Crippen molar-refractivity contribution in [1.29, 1.82) is 0 Å². The summed E-state index contributed by atoms with van der Waals surface area (Å²) in [5, 5.41) is 5.03. The number of hydrogen-bond donors (Lipinski definition) is 0. The monoisotopic (exact) mass is 840 g/mol. The molecule has 0 spiro atoms. The molecule has 0 aliphatic heterocycles. The minimum Gasteiger partial charge on any atom is -0.310 e. The van der Waals surface area contributed by atoms with Crippen LogP contribution in [0.2, 0.25) is 0 Å². The van der Waals surface area contributed by atoms with E-state index in [4.69, 9.17) is 0 Å². The summed E-state index contributed by atoms with van der Waals surface area (Å²) in [6.07, 6.45) is 0. The quantitative estimate of drug-likeness (QED) is 0.141. The van der Waals surface area contributed by atoms with Gasteiger partial charge in [0.25, 0.3) is 0 Å². The third-order valence-electron chi connectivity index (χ3n) is 13.0. The van der Waals surface area contributed by atoms with E-state index in [-0.39, 0.29) is 0 Å². The maximum Gasteiger partial charge on any atom is 0.0541 e. The average Bonchev–Trinajstić information content (AvgIpc) is 3.74. The predicted octanol–water partition coefficient (Wildman–Crippen LogP) is 17.7. The Kier molecular flexibility index (Phi) is 9.89. The van der Waals surface area contributed by atoms with Gasteiger partial charge in [-0.25, -0.2) is 0 Å². The van der Waals surface area contributed by atoms with E-state index in [2.05, 4.69) is 276 Å². The fourth-order valence-electron chi connectivity index (χ4n) is 9.86. The molecule has 310 valence electrons. The molecule has 0 radical (unpaired) electrons. The Labute approximate surface area is 385 Å². The number of rotatable bonds is 9. The van der Waals surface area contributed by atoms with Crippen LogP contribution in [0.25, 0.3) is 93.9 Å². The van der Waals surface area contributed by atoms with Crippen LogP contribution in [-0.4, -0.2) is 4.57 Å². The highest BCUT2D eigenvalue weighted by atomic mass is 15.1. The summed E-state index contributed by atoms with van der Waals surface area (Å²) >= 11 is 0. The molecule has 0 saturated carbocycles. The SMILES string of the molecule is c1ccc(-c2cccc(N(c3ccc(-c4ccc(-c5ccccc5-n5c6ccccc6c6ccccc65)cc4)cc3)c3ccc(-c4ccccc4-c4cccc5ccccc45)cc3)c2)cc1. The summed E-state index contributed by atoms with van der Waals surface area (Å²) in [6.45, 7) is 0. The molecule has 0 bridgehead atoms. The molecule has 2 heteroatoms. The Hall–Kier alpha value is -8.72. The normalized spacial score (nSPS) is 11.3. The fourth-order valence-corrected chi connectivity index (χ4v) is 9.86. The summed E-state index contributed by atoms with van der Waals surface area (Å²) < 4.78 is 2.41. The maximum absolute atomic E-state index is 2.41. The fraction of sp³-hybridized carbons (Fsp3) is 0. The van der Waals surface area contributed by atoms with E-state index in [1.807, 2.05) is 0 Å². The number of nitrogens with zero attached hydrogens (tertiary/aromatic N) is 2. The first kappa shape index (κ1) is 38.9. The van der Waals surface area contributed by atoms with Crippen molar-refractivity contribution in [1.82, 2.24) is 4.57 Å². The van der Waals surface area contributed by atoms with Crippen molar-refractivity contribution in [2.24, 2.45) is 0 Å². The molecule has 0 saturated heterocycles. The predicted molar refractivity (Wildman–Crippen MR) is 280 cm³/mol. The summed E-state index contributed by atoms with van der Waals surface area (Å²) in [5.74, 6) is 0. The van der Waals surface area contributed by atoms with Crippen molar-refractivity contribution in [3.05, 3.63) is 267 Å². The molecule has 66 heavy (non-hydrogen) atoms. The summed E-state index contributed by atoms with van der Waals surface area (Å²) in [6, 6.07) is 96.7. The molecule has 1 heterocycles. The highest BCUT2D eigenvalue weighted by Gasteiger charge is 2.18. The third-order valence-corrected chi connectivity index (χ3v) is 13.0. The van der Waals surface area contributed by atoms with E-state index < -0.39 is 0 Å². The van der Waals surface area contributed by atoms with E-state index in [1.165, 1.54) is 93.9 Å². The second-order valence-corrected chi connectivity index (χ2v) is 16.9. The Bertz CT molecular complexity index is 3620. The van der Waals surface area contributed by atoms with Gasteiger partial charge >= 0.3 is 0 Å². The molecule has 0 unspecified atom stereocenters. The van der Waals surface area contributed by atoms with Gasteiger partial charge in [0.15, 0.2) is 0 Å². The molecule has 2 nitrogen and oxygen atoms in total. The first-order valence-corrected chi connectivity index (χ1v) is 22.7. The first-order chi connectivity index (χ1) is 32.7. The highest BCUT2D eigenvalue weighted by Crippen LogP contribution is 2.42. The van der Waals surface area contributed by atoms with E-state index in [0.717, 1.165) is 17.1 Å². The second kappa shape index (κ2) is 16.8. The topological polar surface area (TPSA) is 8.17 Å². The number of fused-ring (bicyclic) bond motifs is 4.